The van der Waals surface area contributed by atoms with E-state index >= 15 is 0 Å². The molecular formula is C15H17FN2. The van der Waals surface area contributed by atoms with E-state index in [4.69, 9.17) is 0 Å². The molecule has 2 nitrogen and oxygen atoms in total. The van der Waals surface area contributed by atoms with Crippen LogP contribution in [-0.4, -0.2) is 18.6 Å². The molecular weight excluding hydrogens is 227 g/mol. The fraction of sp³-hybridized carbons (Fsp3) is 0.400. The van der Waals surface area contributed by atoms with Crippen molar-refractivity contribution in [3.05, 3.63) is 36.3 Å². The number of nitrogens with zero attached hydrogens (tertiary/aromatic N) is 2. The zero-order valence-corrected chi connectivity index (χ0v) is 10.6. The molecule has 0 radical (unpaired) electrons. The molecule has 1 saturated carbocycles. The molecule has 0 N–H and O–H groups in total. The molecule has 0 saturated heterocycles. The molecule has 0 unspecified atom stereocenters. The first kappa shape index (κ1) is 11.5. The summed E-state index contributed by atoms with van der Waals surface area (Å²) in [4.78, 5) is 6.48. The van der Waals surface area contributed by atoms with Crippen LogP contribution in [0.25, 0.3) is 10.9 Å². The Hall–Kier alpha value is -1.64. The lowest BCUT2D eigenvalue weighted by atomic mass is 10.1. The molecule has 1 fully saturated rings. The van der Waals surface area contributed by atoms with Crippen molar-refractivity contribution >= 4 is 16.6 Å². The lowest BCUT2D eigenvalue weighted by molar-refractivity contribution is 0.629. The summed E-state index contributed by atoms with van der Waals surface area (Å²) in [6.45, 7) is 1.06. The third-order valence-corrected chi connectivity index (χ3v) is 3.66. The number of anilines is 1. The SMILES string of the molecule is CN(CCC1CC1)c1ccnc2cc(F)ccc12. The van der Waals surface area contributed by atoms with Crippen molar-refractivity contribution < 1.29 is 4.39 Å². The highest BCUT2D eigenvalue weighted by atomic mass is 19.1. The van der Waals surface area contributed by atoms with Crippen molar-refractivity contribution in [2.45, 2.75) is 19.3 Å². The van der Waals surface area contributed by atoms with Gasteiger partial charge in [0, 0.05) is 36.9 Å². The third kappa shape index (κ3) is 2.30. The van der Waals surface area contributed by atoms with Gasteiger partial charge in [-0.25, -0.2) is 4.39 Å². The minimum Gasteiger partial charge on any atom is -0.374 e. The minimum atomic E-state index is -0.229. The molecule has 1 aromatic heterocycles. The Bertz CT molecular complexity index is 563. The van der Waals surface area contributed by atoms with Gasteiger partial charge in [-0.2, -0.15) is 0 Å². The second kappa shape index (κ2) is 4.56. The van der Waals surface area contributed by atoms with Crippen LogP contribution in [0.1, 0.15) is 19.3 Å². The summed E-state index contributed by atoms with van der Waals surface area (Å²) in [5.41, 5.74) is 1.87. The Labute approximate surface area is 106 Å². The molecule has 0 amide bonds. The summed E-state index contributed by atoms with van der Waals surface area (Å²) in [5, 5.41) is 1.03. The van der Waals surface area contributed by atoms with Crippen molar-refractivity contribution in [3.8, 4) is 0 Å². The Morgan fingerprint density at radius 1 is 1.33 bits per heavy atom. The van der Waals surface area contributed by atoms with Gasteiger partial charge in [-0.15, -0.1) is 0 Å². The Morgan fingerprint density at radius 3 is 2.94 bits per heavy atom. The average molecular weight is 244 g/mol. The predicted molar refractivity (Wildman–Crippen MR) is 72.3 cm³/mol. The molecule has 1 aliphatic rings. The van der Waals surface area contributed by atoms with E-state index in [9.17, 15) is 4.39 Å². The molecule has 0 atom stereocenters. The number of hydrogen-bond donors (Lipinski definition) is 0. The lowest BCUT2D eigenvalue weighted by Crippen LogP contribution is -2.19. The molecule has 94 valence electrons. The fourth-order valence-electron chi connectivity index (χ4n) is 2.34. The molecule has 1 aromatic carbocycles. The van der Waals surface area contributed by atoms with Gasteiger partial charge < -0.3 is 4.90 Å². The molecule has 18 heavy (non-hydrogen) atoms. The molecule has 2 aromatic rings. The van der Waals surface area contributed by atoms with Crippen LogP contribution < -0.4 is 4.90 Å². The van der Waals surface area contributed by atoms with E-state index in [1.807, 2.05) is 12.1 Å². The summed E-state index contributed by atoms with van der Waals surface area (Å²) in [5.74, 6) is 0.700. The molecule has 0 spiro atoms. The number of halogens is 1. The van der Waals surface area contributed by atoms with Gasteiger partial charge in [-0.05, 0) is 30.5 Å². The molecule has 1 aliphatic carbocycles. The van der Waals surface area contributed by atoms with E-state index in [0.717, 1.165) is 29.1 Å². The van der Waals surface area contributed by atoms with Crippen LogP contribution in [0.15, 0.2) is 30.5 Å². The van der Waals surface area contributed by atoms with Crippen LogP contribution >= 0.6 is 0 Å². The molecule has 3 rings (SSSR count). The Morgan fingerprint density at radius 2 is 2.17 bits per heavy atom. The largest absolute Gasteiger partial charge is 0.374 e. The van der Waals surface area contributed by atoms with Crippen molar-refractivity contribution in [1.82, 2.24) is 4.98 Å². The molecule has 0 bridgehead atoms. The van der Waals surface area contributed by atoms with Gasteiger partial charge in [-0.3, -0.25) is 4.98 Å². The second-order valence-corrected chi connectivity index (χ2v) is 5.15. The van der Waals surface area contributed by atoms with Gasteiger partial charge in [0.1, 0.15) is 5.82 Å². The number of benzene rings is 1. The maximum absolute atomic E-state index is 13.2. The average Bonchev–Trinajstić information content (AvgIpc) is 3.19. The predicted octanol–water partition coefficient (Wildman–Crippen LogP) is 3.61. The third-order valence-electron chi connectivity index (χ3n) is 3.66. The lowest BCUT2D eigenvalue weighted by Gasteiger charge is -2.20. The maximum atomic E-state index is 13.2. The minimum absolute atomic E-state index is 0.229. The first-order valence-electron chi connectivity index (χ1n) is 6.49. The number of hydrogen-bond acceptors (Lipinski definition) is 2. The normalized spacial score (nSPS) is 15.0. The van der Waals surface area contributed by atoms with Crippen LogP contribution in [0.2, 0.25) is 0 Å². The quantitative estimate of drug-likeness (QED) is 0.816. The van der Waals surface area contributed by atoms with Crippen LogP contribution in [0.3, 0.4) is 0 Å². The highest BCUT2D eigenvalue weighted by Crippen LogP contribution is 2.33. The van der Waals surface area contributed by atoms with E-state index in [2.05, 4.69) is 16.9 Å². The molecule has 3 heteroatoms. The van der Waals surface area contributed by atoms with Crippen LogP contribution in [0.4, 0.5) is 10.1 Å². The topological polar surface area (TPSA) is 16.1 Å². The first-order valence-corrected chi connectivity index (χ1v) is 6.49. The summed E-state index contributed by atoms with van der Waals surface area (Å²) < 4.78 is 13.2. The second-order valence-electron chi connectivity index (χ2n) is 5.15. The van der Waals surface area contributed by atoms with Crippen molar-refractivity contribution in [3.63, 3.8) is 0 Å². The highest BCUT2D eigenvalue weighted by Gasteiger charge is 2.21. The van der Waals surface area contributed by atoms with Crippen molar-refractivity contribution in [2.75, 3.05) is 18.5 Å². The van der Waals surface area contributed by atoms with Gasteiger partial charge in [0.05, 0.1) is 5.52 Å². The van der Waals surface area contributed by atoms with Gasteiger partial charge in [0.15, 0.2) is 0 Å². The van der Waals surface area contributed by atoms with Crippen molar-refractivity contribution in [2.24, 2.45) is 5.92 Å². The number of rotatable bonds is 4. The molecule has 0 aliphatic heterocycles. The summed E-state index contributed by atoms with van der Waals surface area (Å²) in [6, 6.07) is 6.82. The summed E-state index contributed by atoms with van der Waals surface area (Å²) in [6.07, 6.45) is 5.78. The smallest absolute Gasteiger partial charge is 0.125 e. The standard InChI is InChI=1S/C15H17FN2/c1-18(9-7-11-2-3-11)15-6-8-17-14-10-12(16)4-5-13(14)15/h4-6,8,10-11H,2-3,7,9H2,1H3. The number of fused-ring (bicyclic) bond motifs is 1. The van der Waals surface area contributed by atoms with Gasteiger partial charge in [-0.1, -0.05) is 12.8 Å². The van der Waals surface area contributed by atoms with Gasteiger partial charge >= 0.3 is 0 Å². The Kier molecular flexibility index (Phi) is 2.90. The number of pyridine rings is 1. The molecule has 1 heterocycles. The Balaban J connectivity index is 1.89. The zero-order valence-electron chi connectivity index (χ0n) is 10.6. The fourth-order valence-corrected chi connectivity index (χ4v) is 2.34. The van der Waals surface area contributed by atoms with Gasteiger partial charge in [0.25, 0.3) is 0 Å². The zero-order chi connectivity index (χ0) is 12.5. The first-order chi connectivity index (χ1) is 8.74. The van der Waals surface area contributed by atoms with E-state index in [1.165, 1.54) is 31.4 Å². The monoisotopic (exact) mass is 244 g/mol. The maximum Gasteiger partial charge on any atom is 0.125 e. The highest BCUT2D eigenvalue weighted by molar-refractivity contribution is 5.91. The van der Waals surface area contributed by atoms with E-state index in [0.29, 0.717) is 0 Å². The van der Waals surface area contributed by atoms with E-state index in [-0.39, 0.29) is 5.82 Å². The summed E-state index contributed by atoms with van der Waals surface area (Å²) in [7, 11) is 2.10. The van der Waals surface area contributed by atoms with Crippen LogP contribution in [-0.2, 0) is 0 Å². The van der Waals surface area contributed by atoms with E-state index < -0.39 is 0 Å². The van der Waals surface area contributed by atoms with E-state index in [1.54, 1.807) is 6.20 Å². The van der Waals surface area contributed by atoms with Crippen LogP contribution in [0, 0.1) is 11.7 Å². The summed E-state index contributed by atoms with van der Waals surface area (Å²) >= 11 is 0. The number of aromatic nitrogens is 1. The van der Waals surface area contributed by atoms with Crippen molar-refractivity contribution in [1.29, 1.82) is 0 Å². The van der Waals surface area contributed by atoms with Crippen LogP contribution in [0.5, 0.6) is 0 Å². The van der Waals surface area contributed by atoms with Gasteiger partial charge in [0.2, 0.25) is 0 Å².